The molecule has 1 atom stereocenters. The van der Waals surface area contributed by atoms with E-state index < -0.39 is 40.5 Å². The number of halogens is 8. The van der Waals surface area contributed by atoms with Crippen molar-refractivity contribution in [3.05, 3.63) is 63.1 Å². The lowest BCUT2D eigenvalue weighted by atomic mass is 9.85. The number of hydrogen-bond acceptors (Lipinski definition) is 4. The molecule has 2 N–H and O–H groups in total. The minimum atomic E-state index is -5.13. The highest BCUT2D eigenvalue weighted by Gasteiger charge is 2.62. The Morgan fingerprint density at radius 3 is 2.40 bits per heavy atom. The Kier molecular flexibility index (Phi) is 7.52. The first-order chi connectivity index (χ1) is 16.1. The number of nitrogens with one attached hydrogen (secondary N) is 2. The van der Waals surface area contributed by atoms with Gasteiger partial charge < -0.3 is 4.84 Å². The molecule has 0 fully saturated rings. The van der Waals surface area contributed by atoms with Gasteiger partial charge in [0.05, 0.1) is 22.0 Å². The molecule has 0 radical (unpaired) electrons. The van der Waals surface area contributed by atoms with E-state index in [2.05, 4.69) is 16.0 Å². The molecule has 0 spiro atoms. The summed E-state index contributed by atoms with van der Waals surface area (Å²) >= 11 is 11.8. The molecule has 3 rings (SSSR count). The molecule has 0 aromatic heterocycles. The molecule has 5 nitrogen and oxygen atoms in total. The second kappa shape index (κ2) is 9.77. The number of rotatable bonds is 6. The van der Waals surface area contributed by atoms with Gasteiger partial charge in [0.15, 0.2) is 0 Å². The van der Waals surface area contributed by atoms with Crippen LogP contribution < -0.4 is 10.9 Å². The number of alkyl halides is 6. The van der Waals surface area contributed by atoms with Crippen molar-refractivity contribution in [1.29, 1.82) is 0 Å². The normalized spacial score (nSPS) is 18.3. The van der Waals surface area contributed by atoms with Crippen LogP contribution in [-0.4, -0.2) is 17.8 Å². The quantitative estimate of drug-likeness (QED) is 0.303. The molecule has 0 aliphatic carbocycles. The maximum atomic E-state index is 14.2. The van der Waals surface area contributed by atoms with E-state index >= 15 is 0 Å². The molecule has 190 valence electrons. The van der Waals surface area contributed by atoms with Crippen LogP contribution in [0, 0.1) is 5.92 Å². The van der Waals surface area contributed by atoms with Crippen molar-refractivity contribution in [3.63, 3.8) is 0 Å². The fraction of sp³-hybridized carbons (Fsp3) is 0.364. The van der Waals surface area contributed by atoms with E-state index in [0.717, 1.165) is 6.07 Å². The lowest BCUT2D eigenvalue weighted by Gasteiger charge is -2.30. The van der Waals surface area contributed by atoms with Gasteiger partial charge in [-0.3, -0.25) is 15.6 Å². The number of oxime groups is 1. The fourth-order valence-electron chi connectivity index (χ4n) is 3.40. The van der Waals surface area contributed by atoms with Crippen molar-refractivity contribution in [3.8, 4) is 0 Å². The van der Waals surface area contributed by atoms with Crippen LogP contribution >= 0.6 is 23.2 Å². The summed E-state index contributed by atoms with van der Waals surface area (Å²) in [5.41, 5.74) is -0.198. The average Bonchev–Trinajstić information content (AvgIpc) is 3.18. The van der Waals surface area contributed by atoms with Crippen LogP contribution in [0.15, 0.2) is 41.6 Å². The first-order valence-electron chi connectivity index (χ1n) is 10.2. The molecular weight excluding hydrogens is 523 g/mol. The number of anilines is 1. The zero-order valence-electron chi connectivity index (χ0n) is 18.2. The lowest BCUT2D eigenvalue weighted by molar-refractivity contribution is -0.276. The Labute approximate surface area is 206 Å². The number of nitrogens with zero attached hydrogens (tertiary/aromatic N) is 1. The largest absolute Gasteiger partial charge is 0.435 e. The van der Waals surface area contributed by atoms with E-state index in [4.69, 9.17) is 28.0 Å². The average molecular weight is 542 g/mol. The van der Waals surface area contributed by atoms with Crippen molar-refractivity contribution in [2.24, 2.45) is 11.1 Å². The summed E-state index contributed by atoms with van der Waals surface area (Å²) in [5, 5.41) is 3.16. The molecule has 1 aliphatic heterocycles. The maximum Gasteiger partial charge on any atom is 0.435 e. The van der Waals surface area contributed by atoms with Gasteiger partial charge in [0.25, 0.3) is 5.60 Å². The van der Waals surface area contributed by atoms with Crippen LogP contribution in [-0.2, 0) is 21.4 Å². The second-order valence-electron chi connectivity index (χ2n) is 8.32. The number of hydrazine groups is 1. The van der Waals surface area contributed by atoms with Gasteiger partial charge in [-0.1, -0.05) is 48.3 Å². The summed E-state index contributed by atoms with van der Waals surface area (Å²) < 4.78 is 82.3. The van der Waals surface area contributed by atoms with Gasteiger partial charge in [-0.2, -0.15) is 26.3 Å². The second-order valence-corrected chi connectivity index (χ2v) is 9.17. The Morgan fingerprint density at radius 2 is 1.80 bits per heavy atom. The van der Waals surface area contributed by atoms with Crippen molar-refractivity contribution in [2.75, 3.05) is 5.43 Å². The van der Waals surface area contributed by atoms with Crippen LogP contribution in [0.4, 0.5) is 32.0 Å². The molecule has 0 saturated heterocycles. The molecule has 1 heterocycles. The van der Waals surface area contributed by atoms with Crippen LogP contribution in [0.5, 0.6) is 0 Å². The maximum absolute atomic E-state index is 14.2. The number of amides is 1. The van der Waals surface area contributed by atoms with Gasteiger partial charge in [-0.15, -0.1) is 0 Å². The van der Waals surface area contributed by atoms with Crippen LogP contribution in [0.25, 0.3) is 0 Å². The number of benzene rings is 2. The van der Waals surface area contributed by atoms with E-state index in [9.17, 15) is 31.1 Å². The Hall–Kier alpha value is -2.66. The van der Waals surface area contributed by atoms with E-state index in [1.807, 2.05) is 13.8 Å². The number of carbonyl (C=O) groups is 1. The zero-order valence-corrected chi connectivity index (χ0v) is 19.8. The van der Waals surface area contributed by atoms with Gasteiger partial charge in [0.2, 0.25) is 5.91 Å². The summed E-state index contributed by atoms with van der Waals surface area (Å²) in [4.78, 5) is 16.7. The molecule has 1 amide bonds. The summed E-state index contributed by atoms with van der Waals surface area (Å²) in [6.07, 6.45) is -10.8. The zero-order chi connectivity index (χ0) is 26.2. The lowest BCUT2D eigenvalue weighted by Crippen LogP contribution is -2.43. The highest BCUT2D eigenvalue weighted by Crippen LogP contribution is 2.50. The van der Waals surface area contributed by atoms with Gasteiger partial charge in [-0.25, -0.2) is 0 Å². The van der Waals surface area contributed by atoms with Gasteiger partial charge >= 0.3 is 12.4 Å². The molecule has 35 heavy (non-hydrogen) atoms. The molecule has 0 bridgehead atoms. The van der Waals surface area contributed by atoms with E-state index in [0.29, 0.717) is 12.1 Å². The molecular formula is C22H19Cl2F6N3O2. The standard InChI is InChI=1S/C22H19Cl2F6N3O2/c1-11(2)5-19(34)32-31-17-6-12(3-4-16(17)24)18-10-20(35-33-18,22(28,29)30)13-7-14(21(25,26)27)9-15(23)8-13/h3-4,6-9,11,31H,5,10H2,1-2H3,(H,32,34)/t20-/m1/s1. The molecule has 1 aliphatic rings. The molecule has 0 unspecified atom stereocenters. The molecule has 13 heteroatoms. The Balaban J connectivity index is 1.93. The summed E-state index contributed by atoms with van der Waals surface area (Å²) in [6, 6.07) is 5.71. The van der Waals surface area contributed by atoms with Crippen molar-refractivity contribution >= 4 is 40.5 Å². The summed E-state index contributed by atoms with van der Waals surface area (Å²) in [6.45, 7) is 3.69. The molecule has 2 aromatic rings. The predicted molar refractivity (Wildman–Crippen MR) is 119 cm³/mol. The third-order valence-electron chi connectivity index (χ3n) is 5.11. The van der Waals surface area contributed by atoms with E-state index in [1.54, 1.807) is 0 Å². The van der Waals surface area contributed by atoms with Gasteiger partial charge in [-0.05, 0) is 36.2 Å². The topological polar surface area (TPSA) is 62.7 Å². The van der Waals surface area contributed by atoms with Crippen LogP contribution in [0.1, 0.15) is 43.4 Å². The van der Waals surface area contributed by atoms with E-state index in [-0.39, 0.29) is 40.2 Å². The fourth-order valence-corrected chi connectivity index (χ4v) is 3.80. The van der Waals surface area contributed by atoms with Crippen molar-refractivity contribution in [1.82, 2.24) is 5.43 Å². The first kappa shape index (κ1) is 26.9. The minimum absolute atomic E-state index is 0.0865. The van der Waals surface area contributed by atoms with Crippen molar-refractivity contribution < 1.29 is 36.0 Å². The smallest absolute Gasteiger partial charge is 0.374 e. The third-order valence-corrected chi connectivity index (χ3v) is 5.66. The minimum Gasteiger partial charge on any atom is -0.374 e. The number of hydrogen-bond donors (Lipinski definition) is 2. The first-order valence-corrected chi connectivity index (χ1v) is 10.9. The third kappa shape index (κ3) is 5.95. The SMILES string of the molecule is CC(C)CC(=O)NNc1cc(C2=NO[C@](c3cc(Cl)cc(C(F)(F)F)c3)(C(F)(F)F)C2)ccc1Cl. The predicted octanol–water partition coefficient (Wildman–Crippen LogP) is 7.08. The van der Waals surface area contributed by atoms with Crippen LogP contribution in [0.2, 0.25) is 10.0 Å². The van der Waals surface area contributed by atoms with Gasteiger partial charge in [0, 0.05) is 29.0 Å². The Bertz CT molecular complexity index is 1150. The van der Waals surface area contributed by atoms with Crippen LogP contribution in [0.3, 0.4) is 0 Å². The van der Waals surface area contributed by atoms with Gasteiger partial charge in [0.1, 0.15) is 0 Å². The van der Waals surface area contributed by atoms with E-state index in [1.165, 1.54) is 18.2 Å². The summed E-state index contributed by atoms with van der Waals surface area (Å²) in [5.74, 6) is -0.246. The van der Waals surface area contributed by atoms with Crippen molar-refractivity contribution in [2.45, 2.75) is 44.6 Å². The number of carbonyl (C=O) groups excluding carboxylic acids is 1. The molecule has 2 aromatic carbocycles. The Morgan fingerprint density at radius 1 is 1.11 bits per heavy atom. The highest BCUT2D eigenvalue weighted by molar-refractivity contribution is 6.33. The molecule has 0 saturated carbocycles. The summed E-state index contributed by atoms with van der Waals surface area (Å²) in [7, 11) is 0. The monoisotopic (exact) mass is 541 g/mol. The highest BCUT2D eigenvalue weighted by atomic mass is 35.5.